The molecule has 6 aromatic rings. The number of nitrogens with zero attached hydrogens (tertiary/aromatic N) is 5. The largest absolute Gasteiger partial charge is 0.478 e. The van der Waals surface area contributed by atoms with E-state index in [1.54, 1.807) is 36.7 Å². The van der Waals surface area contributed by atoms with E-state index in [1.807, 2.05) is 83.1 Å². The molecule has 0 amide bonds. The SMILES string of the molecule is CCn1nc(-c2cccc(C)c2)cc(Nc2ccc(C(=O)O)cc2)c1=O.CCn1nc(-c2cccc(C)c2)cc(Nc2cnccc2C)c1=O. The molecule has 0 aliphatic heterocycles. The topological polar surface area (TPSA) is 144 Å². The predicted molar refractivity (Wildman–Crippen MR) is 198 cm³/mol. The molecule has 6 rings (SSSR count). The molecule has 0 aliphatic rings. The van der Waals surface area contributed by atoms with Crippen LogP contribution in [0.25, 0.3) is 22.5 Å². The van der Waals surface area contributed by atoms with Crippen LogP contribution in [0.3, 0.4) is 0 Å². The predicted octanol–water partition coefficient (Wildman–Crippen LogP) is 7.37. The van der Waals surface area contributed by atoms with Crippen LogP contribution in [0.5, 0.6) is 0 Å². The van der Waals surface area contributed by atoms with Crippen LogP contribution in [0.15, 0.2) is 113 Å². The van der Waals surface area contributed by atoms with E-state index in [-0.39, 0.29) is 16.7 Å². The van der Waals surface area contributed by atoms with E-state index in [9.17, 15) is 14.4 Å². The van der Waals surface area contributed by atoms with E-state index in [0.717, 1.165) is 39.2 Å². The van der Waals surface area contributed by atoms with Gasteiger partial charge >= 0.3 is 5.97 Å². The molecule has 0 unspecified atom stereocenters. The third-order valence-electron chi connectivity index (χ3n) is 7.89. The van der Waals surface area contributed by atoms with Crippen molar-refractivity contribution < 1.29 is 9.90 Å². The van der Waals surface area contributed by atoms with Crippen LogP contribution < -0.4 is 21.8 Å². The Bertz CT molecular complexity index is 2260. The van der Waals surface area contributed by atoms with Gasteiger partial charge in [0.05, 0.1) is 28.8 Å². The first kappa shape index (κ1) is 35.0. The fourth-order valence-electron chi connectivity index (χ4n) is 5.17. The highest BCUT2D eigenvalue weighted by Crippen LogP contribution is 2.24. The molecule has 0 aliphatic carbocycles. The second-order valence-corrected chi connectivity index (χ2v) is 11.7. The fraction of sp³-hybridized carbons (Fsp3) is 0.179. The summed E-state index contributed by atoms with van der Waals surface area (Å²) in [4.78, 5) is 40.2. The van der Waals surface area contributed by atoms with Crippen molar-refractivity contribution in [3.05, 3.63) is 146 Å². The Balaban J connectivity index is 0.000000195. The molecule has 0 saturated heterocycles. The summed E-state index contributed by atoms with van der Waals surface area (Å²) < 4.78 is 2.89. The number of hydrogen-bond acceptors (Lipinski definition) is 8. The van der Waals surface area contributed by atoms with E-state index in [4.69, 9.17) is 5.11 Å². The molecule has 254 valence electrons. The number of anilines is 4. The van der Waals surface area contributed by atoms with Gasteiger partial charge in [-0.25, -0.2) is 14.2 Å². The summed E-state index contributed by atoms with van der Waals surface area (Å²) in [6, 6.07) is 27.7. The molecule has 11 heteroatoms. The summed E-state index contributed by atoms with van der Waals surface area (Å²) in [5, 5.41) is 24.2. The molecule has 0 atom stereocenters. The van der Waals surface area contributed by atoms with Crippen molar-refractivity contribution in [2.75, 3.05) is 10.6 Å². The van der Waals surface area contributed by atoms with Crippen molar-refractivity contribution in [2.24, 2.45) is 0 Å². The Morgan fingerprint density at radius 2 is 1.20 bits per heavy atom. The zero-order chi connectivity index (χ0) is 35.8. The highest BCUT2D eigenvalue weighted by Gasteiger charge is 2.12. The van der Waals surface area contributed by atoms with Gasteiger partial charge in [-0.1, -0.05) is 47.5 Å². The van der Waals surface area contributed by atoms with E-state index in [1.165, 1.54) is 21.5 Å². The molecule has 3 N–H and O–H groups in total. The van der Waals surface area contributed by atoms with Crippen molar-refractivity contribution in [1.82, 2.24) is 24.5 Å². The minimum Gasteiger partial charge on any atom is -0.478 e. The number of carboxylic acid groups (broad SMARTS) is 1. The average Bonchev–Trinajstić information content (AvgIpc) is 3.11. The van der Waals surface area contributed by atoms with Crippen LogP contribution >= 0.6 is 0 Å². The molecular weight excluding hydrogens is 630 g/mol. The number of carbonyl (C=O) groups is 1. The Labute approximate surface area is 289 Å². The second kappa shape index (κ2) is 15.7. The van der Waals surface area contributed by atoms with Crippen molar-refractivity contribution in [1.29, 1.82) is 0 Å². The number of aryl methyl sites for hydroxylation is 5. The normalized spacial score (nSPS) is 10.6. The molecule has 11 nitrogen and oxygen atoms in total. The highest BCUT2D eigenvalue weighted by molar-refractivity contribution is 5.88. The second-order valence-electron chi connectivity index (χ2n) is 11.7. The van der Waals surface area contributed by atoms with Crippen molar-refractivity contribution >= 4 is 28.7 Å². The van der Waals surface area contributed by atoms with Crippen LogP contribution in [0, 0.1) is 20.8 Å². The standard InChI is InChI=1S/C20H19N3O3.C19H20N4O/c1-3-23-19(24)18(21-16-9-7-14(8-10-16)20(25)26)12-17(22-23)15-6-4-5-13(2)11-15;1-4-23-19(24)17(21-18-12-20-9-8-14(18)3)11-16(22-23)15-7-5-6-13(2)10-15/h4-12,21H,3H2,1-2H3,(H,25,26);5-12,21H,4H2,1-3H3. The van der Waals surface area contributed by atoms with E-state index >= 15 is 0 Å². The number of benzene rings is 3. The minimum absolute atomic E-state index is 0.142. The zero-order valence-corrected chi connectivity index (χ0v) is 28.6. The Morgan fingerprint density at radius 3 is 1.66 bits per heavy atom. The number of nitrogens with one attached hydrogen (secondary N) is 2. The third-order valence-corrected chi connectivity index (χ3v) is 7.89. The third kappa shape index (κ3) is 8.37. The first-order valence-corrected chi connectivity index (χ1v) is 16.2. The lowest BCUT2D eigenvalue weighted by molar-refractivity contribution is 0.0697. The van der Waals surface area contributed by atoms with Gasteiger partial charge in [-0.15, -0.1) is 0 Å². The summed E-state index contributed by atoms with van der Waals surface area (Å²) in [6.45, 7) is 10.8. The van der Waals surface area contributed by atoms with E-state index in [2.05, 4.69) is 31.9 Å². The molecule has 0 radical (unpaired) electrons. The Hall–Kier alpha value is -6.36. The van der Waals surface area contributed by atoms with Crippen molar-refractivity contribution in [2.45, 2.75) is 47.7 Å². The van der Waals surface area contributed by atoms with Gasteiger partial charge < -0.3 is 15.7 Å². The van der Waals surface area contributed by atoms with Gasteiger partial charge in [0, 0.05) is 36.1 Å². The molecule has 0 fully saturated rings. The summed E-state index contributed by atoms with van der Waals surface area (Å²) in [5.41, 5.74) is 8.83. The molecule has 0 spiro atoms. The highest BCUT2D eigenvalue weighted by atomic mass is 16.4. The maximum atomic E-state index is 12.6. The van der Waals surface area contributed by atoms with Gasteiger partial charge in [0.25, 0.3) is 11.1 Å². The first-order chi connectivity index (χ1) is 24.1. The van der Waals surface area contributed by atoms with E-state index in [0.29, 0.717) is 35.8 Å². The Morgan fingerprint density at radius 1 is 0.680 bits per heavy atom. The van der Waals surface area contributed by atoms with Gasteiger partial charge in [0.15, 0.2) is 0 Å². The minimum atomic E-state index is -0.990. The molecular formula is C39H39N7O4. The Kier molecular flexibility index (Phi) is 11.0. The summed E-state index contributed by atoms with van der Waals surface area (Å²) in [5.74, 6) is -0.990. The summed E-state index contributed by atoms with van der Waals surface area (Å²) >= 11 is 0. The lowest BCUT2D eigenvalue weighted by atomic mass is 10.1. The number of hydrogen-bond donors (Lipinski definition) is 3. The van der Waals surface area contributed by atoms with Crippen LogP contribution in [0.4, 0.5) is 22.7 Å². The smallest absolute Gasteiger partial charge is 0.335 e. The van der Waals surface area contributed by atoms with Crippen molar-refractivity contribution in [3.8, 4) is 22.5 Å². The number of pyridine rings is 1. The van der Waals surface area contributed by atoms with Crippen molar-refractivity contribution in [3.63, 3.8) is 0 Å². The monoisotopic (exact) mass is 669 g/mol. The van der Waals surface area contributed by atoms with Gasteiger partial charge in [0.2, 0.25) is 0 Å². The number of carboxylic acids is 1. The summed E-state index contributed by atoms with van der Waals surface area (Å²) in [7, 11) is 0. The maximum absolute atomic E-state index is 12.6. The van der Waals surface area contributed by atoms with Crippen LogP contribution in [0.1, 0.15) is 40.9 Å². The molecule has 0 bridgehead atoms. The number of aromatic carboxylic acids is 1. The molecule has 3 aromatic heterocycles. The number of aromatic nitrogens is 5. The summed E-state index contributed by atoms with van der Waals surface area (Å²) in [6.07, 6.45) is 3.45. The molecule has 50 heavy (non-hydrogen) atoms. The number of rotatable bonds is 9. The van der Waals surface area contributed by atoms with Crippen LogP contribution in [-0.4, -0.2) is 35.6 Å². The zero-order valence-electron chi connectivity index (χ0n) is 28.6. The van der Waals surface area contributed by atoms with Gasteiger partial charge in [-0.3, -0.25) is 14.6 Å². The van der Waals surface area contributed by atoms with Crippen LogP contribution in [0.2, 0.25) is 0 Å². The lowest BCUT2D eigenvalue weighted by Gasteiger charge is -2.12. The first-order valence-electron chi connectivity index (χ1n) is 16.2. The fourth-order valence-corrected chi connectivity index (χ4v) is 5.17. The van der Waals surface area contributed by atoms with Gasteiger partial charge in [-0.05, 0) is 94.8 Å². The molecule has 3 heterocycles. The maximum Gasteiger partial charge on any atom is 0.335 e. The lowest BCUT2D eigenvalue weighted by Crippen LogP contribution is -2.25. The molecule has 3 aromatic carbocycles. The quantitative estimate of drug-likeness (QED) is 0.144. The van der Waals surface area contributed by atoms with Crippen LogP contribution in [-0.2, 0) is 13.1 Å². The average molecular weight is 670 g/mol. The van der Waals surface area contributed by atoms with E-state index < -0.39 is 5.97 Å². The van der Waals surface area contributed by atoms with Gasteiger partial charge in [-0.2, -0.15) is 10.2 Å². The van der Waals surface area contributed by atoms with Gasteiger partial charge in [0.1, 0.15) is 11.4 Å². The molecule has 0 saturated carbocycles.